The molecule has 7 nitrogen and oxygen atoms in total. The van der Waals surface area contributed by atoms with E-state index in [1.165, 1.54) is 13.2 Å². The molecule has 1 aliphatic carbocycles. The monoisotopic (exact) mass is 487 g/mol. The molecule has 1 aromatic rings. The molecule has 1 fully saturated rings. The summed E-state index contributed by atoms with van der Waals surface area (Å²) in [6, 6.07) is 5.33. The van der Waals surface area contributed by atoms with E-state index < -0.39 is 29.9 Å². The van der Waals surface area contributed by atoms with Gasteiger partial charge in [-0.1, -0.05) is 6.07 Å². The zero-order valence-electron chi connectivity index (χ0n) is 20.1. The minimum absolute atomic E-state index is 0.0290. The summed E-state index contributed by atoms with van der Waals surface area (Å²) in [5.41, 5.74) is 2.57. The van der Waals surface area contributed by atoms with E-state index in [0.29, 0.717) is 50.1 Å². The molecule has 1 aromatic carbocycles. The molecule has 9 heteroatoms. The van der Waals surface area contributed by atoms with Crippen LogP contribution in [-0.4, -0.2) is 67.6 Å². The third-order valence-corrected chi connectivity index (χ3v) is 7.42. The van der Waals surface area contributed by atoms with Crippen LogP contribution in [0.2, 0.25) is 0 Å². The summed E-state index contributed by atoms with van der Waals surface area (Å²) in [6.07, 6.45) is 0.642. The lowest BCUT2D eigenvalue weighted by Crippen LogP contribution is -2.38. The van der Waals surface area contributed by atoms with Crippen molar-refractivity contribution >= 4 is 11.9 Å². The number of hydrogen-bond donors (Lipinski definition) is 0. The number of benzene rings is 1. The van der Waals surface area contributed by atoms with Crippen LogP contribution in [0.3, 0.4) is 0 Å². The molecule has 188 valence electrons. The van der Waals surface area contributed by atoms with E-state index in [1.807, 2.05) is 17.9 Å². The van der Waals surface area contributed by atoms with Crippen LogP contribution < -0.4 is 0 Å². The molecular weight excluding hydrogens is 456 g/mol. The van der Waals surface area contributed by atoms with Gasteiger partial charge in [0.25, 0.3) is 0 Å². The second-order valence-corrected chi connectivity index (χ2v) is 9.50. The van der Waals surface area contributed by atoms with Gasteiger partial charge in [-0.3, -0.25) is 9.69 Å². The Morgan fingerprint density at radius 1 is 1.31 bits per heavy atom. The number of fused-ring (bicyclic) bond motifs is 1. The lowest BCUT2D eigenvalue weighted by molar-refractivity contribution is -0.132. The van der Waals surface area contributed by atoms with Gasteiger partial charge in [-0.05, 0) is 43.0 Å². The quantitative estimate of drug-likeness (QED) is 0.570. The average Bonchev–Trinajstić information content (AvgIpc) is 3.07. The van der Waals surface area contributed by atoms with Gasteiger partial charge in [0.05, 0.1) is 23.7 Å². The van der Waals surface area contributed by atoms with Gasteiger partial charge in [-0.2, -0.15) is 5.26 Å². The Hall–Kier alpha value is -2.83. The van der Waals surface area contributed by atoms with Gasteiger partial charge in [-0.15, -0.1) is 0 Å². The molecule has 1 saturated heterocycles. The minimum Gasteiger partial charge on any atom is -0.457 e. The molecule has 2 aliphatic heterocycles. The maximum absolute atomic E-state index is 15.3. The lowest BCUT2D eigenvalue weighted by atomic mass is 9.83. The minimum atomic E-state index is -1.22. The van der Waals surface area contributed by atoms with Crippen molar-refractivity contribution in [2.45, 2.75) is 45.1 Å². The Balaban J connectivity index is 1.33. The van der Waals surface area contributed by atoms with Crippen molar-refractivity contribution < 1.29 is 27.8 Å². The molecule has 4 unspecified atom stereocenters. The molecule has 0 spiro atoms. The molecular formula is C26H31F2N3O4. The third-order valence-electron chi connectivity index (χ3n) is 7.42. The van der Waals surface area contributed by atoms with Crippen LogP contribution >= 0.6 is 0 Å². The van der Waals surface area contributed by atoms with Crippen LogP contribution in [0.25, 0.3) is 0 Å². The van der Waals surface area contributed by atoms with Crippen molar-refractivity contribution in [2.75, 3.05) is 39.8 Å². The van der Waals surface area contributed by atoms with Gasteiger partial charge in [0, 0.05) is 57.7 Å². The molecule has 2 heterocycles. The number of halogens is 2. The lowest BCUT2D eigenvalue weighted by Gasteiger charge is -2.30. The van der Waals surface area contributed by atoms with Crippen LogP contribution in [0.5, 0.6) is 0 Å². The Labute approximate surface area is 204 Å². The van der Waals surface area contributed by atoms with E-state index >= 15 is 4.39 Å². The summed E-state index contributed by atoms with van der Waals surface area (Å²) in [4.78, 5) is 28.4. The SMILES string of the molecule is COC1CC(CC(=O)N2CCCN(CC(F)c3ccc4c(c3C)COC4=O)CC2)C(F)=CC1C#N. The summed E-state index contributed by atoms with van der Waals surface area (Å²) in [6.45, 7) is 4.36. The maximum atomic E-state index is 15.3. The Bertz CT molecular complexity index is 1050. The summed E-state index contributed by atoms with van der Waals surface area (Å²) in [7, 11) is 1.49. The number of nitrogens with zero attached hydrogens (tertiary/aromatic N) is 3. The van der Waals surface area contributed by atoms with E-state index in [2.05, 4.69) is 0 Å². The number of methoxy groups -OCH3 is 1. The number of ether oxygens (including phenoxy) is 2. The number of nitriles is 1. The van der Waals surface area contributed by atoms with E-state index in [1.54, 1.807) is 17.0 Å². The predicted molar refractivity (Wildman–Crippen MR) is 124 cm³/mol. The standard InChI is InChI=1S/C26H31F2N3O4/c1-16-19(4-5-20-21(16)15-35-26(20)33)23(28)14-30-6-3-7-31(9-8-30)25(32)12-17-11-24(34-2)18(13-29)10-22(17)27/h4-5,10,17-18,23-24H,3,6-9,11-12,14-15H2,1-2H3. The average molecular weight is 488 g/mol. The van der Waals surface area contributed by atoms with Crippen molar-refractivity contribution in [1.29, 1.82) is 5.26 Å². The number of cyclic esters (lactones) is 1. The van der Waals surface area contributed by atoms with Crippen LogP contribution in [0.4, 0.5) is 8.78 Å². The van der Waals surface area contributed by atoms with Crippen LogP contribution in [-0.2, 0) is 20.9 Å². The highest BCUT2D eigenvalue weighted by atomic mass is 19.1. The maximum Gasteiger partial charge on any atom is 0.338 e. The summed E-state index contributed by atoms with van der Waals surface area (Å²) < 4.78 is 40.2. The predicted octanol–water partition coefficient (Wildman–Crippen LogP) is 3.63. The fourth-order valence-electron chi connectivity index (χ4n) is 5.27. The first-order chi connectivity index (χ1) is 16.8. The van der Waals surface area contributed by atoms with Gasteiger partial charge >= 0.3 is 5.97 Å². The van der Waals surface area contributed by atoms with Crippen LogP contribution in [0.1, 0.15) is 52.5 Å². The zero-order chi connectivity index (χ0) is 25.1. The second-order valence-electron chi connectivity index (χ2n) is 9.50. The Morgan fingerprint density at radius 2 is 2.11 bits per heavy atom. The number of carbonyl (C=O) groups excluding carboxylic acids is 2. The molecule has 0 aromatic heterocycles. The van der Waals surface area contributed by atoms with Crippen molar-refractivity contribution in [3.8, 4) is 6.07 Å². The molecule has 0 bridgehead atoms. The van der Waals surface area contributed by atoms with Crippen LogP contribution in [0.15, 0.2) is 24.0 Å². The number of esters is 1. The van der Waals surface area contributed by atoms with Crippen molar-refractivity contribution in [3.05, 3.63) is 46.3 Å². The van der Waals surface area contributed by atoms with Gasteiger partial charge in [0.15, 0.2) is 0 Å². The molecule has 3 aliphatic rings. The van der Waals surface area contributed by atoms with Crippen molar-refractivity contribution in [1.82, 2.24) is 9.80 Å². The number of alkyl halides is 1. The van der Waals surface area contributed by atoms with Gasteiger partial charge < -0.3 is 14.4 Å². The molecule has 0 radical (unpaired) electrons. The van der Waals surface area contributed by atoms with Crippen molar-refractivity contribution in [3.63, 3.8) is 0 Å². The number of hydrogen-bond acceptors (Lipinski definition) is 6. The van der Waals surface area contributed by atoms with E-state index in [4.69, 9.17) is 9.47 Å². The fraction of sp³-hybridized carbons (Fsp3) is 0.577. The first kappa shape index (κ1) is 25.3. The number of amides is 1. The highest BCUT2D eigenvalue weighted by Gasteiger charge is 2.34. The molecule has 0 N–H and O–H groups in total. The summed E-state index contributed by atoms with van der Waals surface area (Å²) in [5, 5.41) is 9.17. The largest absolute Gasteiger partial charge is 0.457 e. The number of rotatable bonds is 6. The topological polar surface area (TPSA) is 82.9 Å². The molecule has 0 saturated carbocycles. The number of allylic oxidation sites excluding steroid dienone is 1. The fourth-order valence-corrected chi connectivity index (χ4v) is 5.27. The third kappa shape index (κ3) is 5.39. The number of carbonyl (C=O) groups is 2. The highest BCUT2D eigenvalue weighted by molar-refractivity contribution is 5.94. The molecule has 4 atom stereocenters. The smallest absolute Gasteiger partial charge is 0.338 e. The summed E-state index contributed by atoms with van der Waals surface area (Å²) >= 11 is 0. The molecule has 35 heavy (non-hydrogen) atoms. The normalized spacial score (nSPS) is 25.8. The van der Waals surface area contributed by atoms with Gasteiger partial charge in [0.1, 0.15) is 18.6 Å². The second kappa shape index (κ2) is 10.8. The van der Waals surface area contributed by atoms with Crippen molar-refractivity contribution in [2.24, 2.45) is 11.8 Å². The zero-order valence-corrected chi connectivity index (χ0v) is 20.1. The summed E-state index contributed by atoms with van der Waals surface area (Å²) in [5.74, 6) is -2.17. The first-order valence-corrected chi connectivity index (χ1v) is 12.1. The molecule has 4 rings (SSSR count). The van der Waals surface area contributed by atoms with Crippen LogP contribution in [0, 0.1) is 30.1 Å². The Morgan fingerprint density at radius 3 is 2.86 bits per heavy atom. The molecule has 1 amide bonds. The van der Waals surface area contributed by atoms with E-state index in [9.17, 15) is 19.2 Å². The first-order valence-electron chi connectivity index (χ1n) is 12.1. The Kier molecular flexibility index (Phi) is 7.82. The van der Waals surface area contributed by atoms with E-state index in [0.717, 1.165) is 11.1 Å². The van der Waals surface area contributed by atoms with E-state index in [-0.39, 0.29) is 31.4 Å². The highest BCUT2D eigenvalue weighted by Crippen LogP contribution is 2.34. The van der Waals surface area contributed by atoms with Gasteiger partial charge in [0.2, 0.25) is 5.91 Å². The van der Waals surface area contributed by atoms with Gasteiger partial charge in [-0.25, -0.2) is 13.6 Å².